The molecule has 2 atom stereocenters. The number of rotatable bonds is 6. The summed E-state index contributed by atoms with van der Waals surface area (Å²) in [5.41, 5.74) is 0.954. The first-order chi connectivity index (χ1) is 14.8. The number of hydrogen-bond acceptors (Lipinski definition) is 4. The van der Waals surface area contributed by atoms with Crippen molar-refractivity contribution in [2.24, 2.45) is 0 Å². The van der Waals surface area contributed by atoms with Crippen LogP contribution in [0, 0.1) is 0 Å². The maximum Gasteiger partial charge on any atom is 0.322 e. The number of nitrogens with zero attached hydrogens (tertiary/aromatic N) is 1. The Morgan fingerprint density at radius 2 is 1.90 bits per heavy atom. The Morgan fingerprint density at radius 1 is 1.19 bits per heavy atom. The van der Waals surface area contributed by atoms with Crippen molar-refractivity contribution < 1.29 is 14.4 Å². The second-order valence-electron chi connectivity index (χ2n) is 7.16. The fraction of sp³-hybridized carbons (Fsp3) is 0.273. The van der Waals surface area contributed by atoms with Crippen LogP contribution < -0.4 is 16.2 Å². The van der Waals surface area contributed by atoms with Gasteiger partial charge in [0.05, 0.1) is 6.04 Å². The van der Waals surface area contributed by atoms with Gasteiger partial charge in [-0.3, -0.25) is 14.4 Å². The smallest absolute Gasteiger partial charge is 0.322 e. The van der Waals surface area contributed by atoms with Crippen molar-refractivity contribution in [2.45, 2.75) is 25.3 Å². The van der Waals surface area contributed by atoms with E-state index in [1.54, 1.807) is 23.2 Å². The van der Waals surface area contributed by atoms with E-state index in [4.69, 9.17) is 11.6 Å². The summed E-state index contributed by atoms with van der Waals surface area (Å²) < 4.78 is 0. The molecular weight excluding hydrogens is 420 g/mol. The molecule has 0 bridgehead atoms. The Kier molecular flexibility index (Phi) is 6.91. The van der Waals surface area contributed by atoms with E-state index < -0.39 is 17.5 Å². The lowest BCUT2D eigenvalue weighted by atomic mass is 10.0. The average Bonchev–Trinajstić information content (AvgIpc) is 2.73. The number of allylic oxidation sites excluding steroid dienone is 3. The lowest BCUT2D eigenvalue weighted by molar-refractivity contribution is -0.119. The Balaban J connectivity index is 1.90. The molecule has 31 heavy (non-hydrogen) atoms. The van der Waals surface area contributed by atoms with Gasteiger partial charge in [0.25, 0.3) is 5.56 Å². The predicted molar refractivity (Wildman–Crippen MR) is 119 cm³/mol. The Bertz CT molecular complexity index is 1140. The highest BCUT2D eigenvalue weighted by molar-refractivity contribution is 6.34. The Morgan fingerprint density at radius 3 is 2.58 bits per heavy atom. The fourth-order valence-electron chi connectivity index (χ4n) is 3.41. The molecule has 0 saturated carbocycles. The van der Waals surface area contributed by atoms with Gasteiger partial charge in [-0.05, 0) is 42.2 Å². The summed E-state index contributed by atoms with van der Waals surface area (Å²) in [5.74, 6) is -0.459. The number of pyridine rings is 1. The zero-order chi connectivity index (χ0) is 22.5. The first kappa shape index (κ1) is 22.3. The standard InChI is InChI=1S/C22H23ClN4O4/c1-13(18-12-25-21(30)17-6-4-3-5-16(17)18)27(10-9-24-14(2)28)22(31)26-15-7-8-20(29)19(23)11-15/h3-8,11-13,19H,9-10H2,1-2H3,(H,24,28)(H,25,30)(H,26,31). The van der Waals surface area contributed by atoms with Crippen LogP contribution >= 0.6 is 11.6 Å². The van der Waals surface area contributed by atoms with Crippen molar-refractivity contribution in [3.05, 3.63) is 70.3 Å². The van der Waals surface area contributed by atoms with Gasteiger partial charge in [0.15, 0.2) is 5.78 Å². The lowest BCUT2D eigenvalue weighted by Gasteiger charge is -2.31. The molecule has 162 valence electrons. The van der Waals surface area contributed by atoms with Gasteiger partial charge in [0, 0.05) is 37.3 Å². The highest BCUT2D eigenvalue weighted by atomic mass is 35.5. The zero-order valence-corrected chi connectivity index (χ0v) is 17.9. The number of alkyl halides is 1. The molecule has 0 fully saturated rings. The number of halogens is 1. The highest BCUT2D eigenvalue weighted by Gasteiger charge is 2.25. The number of aromatic amines is 1. The molecular formula is C22H23ClN4O4. The van der Waals surface area contributed by atoms with Crippen molar-refractivity contribution in [2.75, 3.05) is 13.1 Å². The number of carbonyl (C=O) groups excluding carboxylic acids is 3. The third kappa shape index (κ3) is 5.21. The first-order valence-electron chi connectivity index (χ1n) is 9.78. The van der Waals surface area contributed by atoms with E-state index in [-0.39, 0.29) is 30.3 Å². The van der Waals surface area contributed by atoms with E-state index in [9.17, 15) is 19.2 Å². The normalized spacial score (nSPS) is 16.5. The number of amides is 3. The second kappa shape index (κ2) is 9.61. The quantitative estimate of drug-likeness (QED) is 0.596. The third-order valence-corrected chi connectivity index (χ3v) is 5.36. The Hall–Kier alpha value is -3.39. The van der Waals surface area contributed by atoms with E-state index in [0.717, 1.165) is 10.9 Å². The summed E-state index contributed by atoms with van der Waals surface area (Å²) in [4.78, 5) is 52.4. The van der Waals surface area contributed by atoms with E-state index in [1.807, 2.05) is 19.1 Å². The minimum absolute atomic E-state index is 0.205. The van der Waals surface area contributed by atoms with E-state index in [2.05, 4.69) is 15.6 Å². The van der Waals surface area contributed by atoms with Crippen LogP contribution in [0.4, 0.5) is 4.79 Å². The molecule has 1 aliphatic rings. The molecule has 0 aliphatic heterocycles. The van der Waals surface area contributed by atoms with Gasteiger partial charge < -0.3 is 20.5 Å². The third-order valence-electron chi connectivity index (χ3n) is 5.02. The number of H-pyrrole nitrogens is 1. The number of nitrogens with one attached hydrogen (secondary N) is 3. The maximum atomic E-state index is 13.1. The van der Waals surface area contributed by atoms with Crippen LogP contribution in [0.1, 0.15) is 25.5 Å². The van der Waals surface area contributed by atoms with E-state index >= 15 is 0 Å². The SMILES string of the molecule is CC(=O)NCCN(C(=O)NC1=CC(Cl)C(=O)C=C1)C(C)c1c[nH]c(=O)c2ccccc12. The van der Waals surface area contributed by atoms with Gasteiger partial charge >= 0.3 is 6.03 Å². The van der Waals surface area contributed by atoms with Gasteiger partial charge in [0.2, 0.25) is 5.91 Å². The average molecular weight is 443 g/mol. The van der Waals surface area contributed by atoms with E-state index in [1.165, 1.54) is 25.2 Å². The summed E-state index contributed by atoms with van der Waals surface area (Å²) in [5, 5.41) is 5.87. The number of carbonyl (C=O) groups is 3. The maximum absolute atomic E-state index is 13.1. The van der Waals surface area contributed by atoms with Crippen LogP contribution in [0.2, 0.25) is 0 Å². The van der Waals surface area contributed by atoms with Crippen LogP contribution in [0.25, 0.3) is 10.8 Å². The molecule has 3 rings (SSSR count). The van der Waals surface area contributed by atoms with Gasteiger partial charge in [-0.15, -0.1) is 11.6 Å². The summed E-state index contributed by atoms with van der Waals surface area (Å²) >= 11 is 5.96. The molecule has 1 aromatic carbocycles. The number of hydrogen-bond donors (Lipinski definition) is 3. The summed E-state index contributed by atoms with van der Waals surface area (Å²) in [6.07, 6.45) is 5.87. The van der Waals surface area contributed by atoms with Gasteiger partial charge in [0.1, 0.15) is 5.38 Å². The first-order valence-corrected chi connectivity index (χ1v) is 10.2. The van der Waals surface area contributed by atoms with Crippen molar-refractivity contribution in [1.82, 2.24) is 20.5 Å². The molecule has 0 spiro atoms. The van der Waals surface area contributed by atoms with E-state index in [0.29, 0.717) is 11.1 Å². The Labute approximate surface area is 184 Å². The summed E-state index contributed by atoms with van der Waals surface area (Å²) in [6, 6.07) is 6.30. The number of fused-ring (bicyclic) bond motifs is 1. The van der Waals surface area contributed by atoms with Crippen LogP contribution in [-0.2, 0) is 9.59 Å². The molecule has 9 heteroatoms. The van der Waals surface area contributed by atoms with Crippen molar-refractivity contribution in [3.8, 4) is 0 Å². The fourth-order valence-corrected chi connectivity index (χ4v) is 3.61. The number of aromatic nitrogens is 1. The summed E-state index contributed by atoms with van der Waals surface area (Å²) in [7, 11) is 0. The van der Waals surface area contributed by atoms with Crippen molar-refractivity contribution >= 4 is 40.1 Å². The number of ketones is 1. The topological polar surface area (TPSA) is 111 Å². The van der Waals surface area contributed by atoms with Crippen LogP contribution in [0.15, 0.2) is 59.2 Å². The van der Waals surface area contributed by atoms with Crippen molar-refractivity contribution in [3.63, 3.8) is 0 Å². The lowest BCUT2D eigenvalue weighted by Crippen LogP contribution is -2.45. The molecule has 3 N–H and O–H groups in total. The monoisotopic (exact) mass is 442 g/mol. The van der Waals surface area contributed by atoms with Gasteiger partial charge in [-0.25, -0.2) is 4.79 Å². The number of benzene rings is 1. The molecule has 1 heterocycles. The second-order valence-corrected chi connectivity index (χ2v) is 7.63. The van der Waals surface area contributed by atoms with Gasteiger partial charge in [-0.1, -0.05) is 18.2 Å². The van der Waals surface area contributed by atoms with Crippen molar-refractivity contribution in [1.29, 1.82) is 0 Å². The highest BCUT2D eigenvalue weighted by Crippen LogP contribution is 2.26. The van der Waals surface area contributed by atoms with Gasteiger partial charge in [-0.2, -0.15) is 0 Å². The van der Waals surface area contributed by atoms with Crippen LogP contribution in [0.3, 0.4) is 0 Å². The summed E-state index contributed by atoms with van der Waals surface area (Å²) in [6.45, 7) is 3.71. The largest absolute Gasteiger partial charge is 0.355 e. The minimum Gasteiger partial charge on any atom is -0.355 e. The van der Waals surface area contributed by atoms with Crippen LogP contribution in [0.5, 0.6) is 0 Å². The minimum atomic E-state index is -0.839. The molecule has 0 radical (unpaired) electrons. The number of urea groups is 1. The molecule has 0 saturated heterocycles. The molecule has 8 nitrogen and oxygen atoms in total. The zero-order valence-electron chi connectivity index (χ0n) is 17.1. The molecule has 2 unspecified atom stereocenters. The predicted octanol–water partition coefficient (Wildman–Crippen LogP) is 2.37. The van der Waals surface area contributed by atoms with Crippen LogP contribution in [-0.4, -0.2) is 46.1 Å². The molecule has 2 aromatic rings. The molecule has 1 aromatic heterocycles. The molecule has 3 amide bonds. The molecule has 1 aliphatic carbocycles.